The Bertz CT molecular complexity index is 1110. The molecule has 10 heteroatoms. The molecular weight excluding hydrogens is 376 g/mol. The number of hydrogen-bond acceptors (Lipinski definition) is 7. The molecule has 130 valence electrons. The summed E-state index contributed by atoms with van der Waals surface area (Å²) in [5.74, 6) is 0.515. The number of thiazole rings is 1. The average molecular weight is 387 g/mol. The first-order valence-electron chi connectivity index (χ1n) is 7.44. The van der Waals surface area contributed by atoms with Crippen LogP contribution < -0.4 is 10.1 Å². The second kappa shape index (κ2) is 6.70. The van der Waals surface area contributed by atoms with E-state index in [1.807, 2.05) is 12.3 Å². The molecule has 8 nitrogen and oxygen atoms in total. The van der Waals surface area contributed by atoms with E-state index in [-0.39, 0.29) is 5.91 Å². The van der Waals surface area contributed by atoms with Crippen molar-refractivity contribution in [3.8, 4) is 11.5 Å². The summed E-state index contributed by atoms with van der Waals surface area (Å²) in [5, 5.41) is 13.4. The highest BCUT2D eigenvalue weighted by Crippen LogP contribution is 2.26. The number of halogens is 1. The van der Waals surface area contributed by atoms with Crippen molar-refractivity contribution in [1.82, 2.24) is 24.6 Å². The van der Waals surface area contributed by atoms with Gasteiger partial charge in [-0.1, -0.05) is 11.6 Å². The maximum absolute atomic E-state index is 12.7. The highest BCUT2D eigenvalue weighted by atomic mass is 35.5. The first kappa shape index (κ1) is 16.4. The standard InChI is InChI=1S/C16H11ClN6O2S/c1-9-7-26-16(20-9)21-15(24)13-3-12(6-23-8-19-22-14(13)23)25-11-2-10(17)4-18-5-11/h2-8H,1H3,(H,20,21,24). The summed E-state index contributed by atoms with van der Waals surface area (Å²) in [6.07, 6.45) is 6.19. The van der Waals surface area contributed by atoms with Crippen LogP contribution in [0.5, 0.6) is 11.5 Å². The smallest absolute Gasteiger partial charge is 0.261 e. The summed E-state index contributed by atoms with van der Waals surface area (Å²) in [6, 6.07) is 3.21. The van der Waals surface area contributed by atoms with Gasteiger partial charge in [-0.15, -0.1) is 21.5 Å². The number of amides is 1. The lowest BCUT2D eigenvalue weighted by molar-refractivity contribution is 0.102. The van der Waals surface area contributed by atoms with Crippen LogP contribution in [0, 0.1) is 6.92 Å². The van der Waals surface area contributed by atoms with Crippen LogP contribution in [0.15, 0.2) is 42.4 Å². The minimum atomic E-state index is -0.355. The van der Waals surface area contributed by atoms with Crippen molar-refractivity contribution in [2.75, 3.05) is 5.32 Å². The van der Waals surface area contributed by atoms with Crippen molar-refractivity contribution in [2.45, 2.75) is 6.92 Å². The molecule has 0 saturated carbocycles. The van der Waals surface area contributed by atoms with Gasteiger partial charge in [-0.05, 0) is 13.0 Å². The van der Waals surface area contributed by atoms with Gasteiger partial charge in [-0.25, -0.2) is 4.98 Å². The Hall–Kier alpha value is -3.04. The molecule has 0 unspecified atom stereocenters. The van der Waals surface area contributed by atoms with Gasteiger partial charge in [0.25, 0.3) is 5.91 Å². The lowest BCUT2D eigenvalue weighted by atomic mass is 10.2. The number of ether oxygens (including phenoxy) is 1. The first-order valence-corrected chi connectivity index (χ1v) is 8.69. The topological polar surface area (TPSA) is 94.3 Å². The Morgan fingerprint density at radius 2 is 2.19 bits per heavy atom. The van der Waals surface area contributed by atoms with Gasteiger partial charge < -0.3 is 4.74 Å². The molecule has 1 amide bonds. The molecule has 0 spiro atoms. The van der Waals surface area contributed by atoms with E-state index >= 15 is 0 Å². The Morgan fingerprint density at radius 1 is 1.31 bits per heavy atom. The van der Waals surface area contributed by atoms with Crippen LogP contribution in [0.3, 0.4) is 0 Å². The fourth-order valence-electron chi connectivity index (χ4n) is 2.29. The number of hydrogen-bond donors (Lipinski definition) is 1. The van der Waals surface area contributed by atoms with Crippen LogP contribution in [0.25, 0.3) is 5.65 Å². The molecule has 4 aromatic heterocycles. The van der Waals surface area contributed by atoms with E-state index in [9.17, 15) is 4.79 Å². The second-order valence-corrected chi connectivity index (χ2v) is 6.63. The molecular formula is C16H11ClN6O2S. The van der Waals surface area contributed by atoms with E-state index in [4.69, 9.17) is 16.3 Å². The molecule has 0 aliphatic heterocycles. The first-order chi connectivity index (χ1) is 12.6. The van der Waals surface area contributed by atoms with Crippen LogP contribution in [0.2, 0.25) is 5.02 Å². The second-order valence-electron chi connectivity index (χ2n) is 5.34. The van der Waals surface area contributed by atoms with Gasteiger partial charge in [0, 0.05) is 17.6 Å². The van der Waals surface area contributed by atoms with Gasteiger partial charge >= 0.3 is 0 Å². The van der Waals surface area contributed by atoms with E-state index in [1.165, 1.54) is 30.1 Å². The summed E-state index contributed by atoms with van der Waals surface area (Å²) in [4.78, 5) is 20.9. The largest absolute Gasteiger partial charge is 0.454 e. The van der Waals surface area contributed by atoms with Gasteiger partial charge in [0.05, 0.1) is 28.7 Å². The molecule has 1 N–H and O–H groups in total. The number of carbonyl (C=O) groups is 1. The Labute approximate surface area is 156 Å². The molecule has 0 aromatic carbocycles. The molecule has 0 aliphatic rings. The van der Waals surface area contributed by atoms with Crippen molar-refractivity contribution >= 4 is 39.6 Å². The van der Waals surface area contributed by atoms with Gasteiger partial charge in [-0.2, -0.15) is 0 Å². The van der Waals surface area contributed by atoms with Crippen LogP contribution in [0.1, 0.15) is 16.1 Å². The van der Waals surface area contributed by atoms with Gasteiger partial charge in [0.15, 0.2) is 10.8 Å². The number of rotatable bonds is 4. The Balaban J connectivity index is 1.69. The Kier molecular flexibility index (Phi) is 4.23. The number of fused-ring (bicyclic) bond motifs is 1. The number of carbonyl (C=O) groups excluding carboxylic acids is 1. The molecule has 26 heavy (non-hydrogen) atoms. The number of aryl methyl sites for hydroxylation is 1. The number of nitrogens with zero attached hydrogens (tertiary/aromatic N) is 5. The zero-order valence-corrected chi connectivity index (χ0v) is 15.0. The number of pyridine rings is 2. The zero-order chi connectivity index (χ0) is 18.1. The summed E-state index contributed by atoms with van der Waals surface area (Å²) < 4.78 is 7.37. The third-order valence-corrected chi connectivity index (χ3v) is 4.45. The van der Waals surface area contributed by atoms with E-state index < -0.39 is 0 Å². The summed E-state index contributed by atoms with van der Waals surface area (Å²) in [7, 11) is 0. The van der Waals surface area contributed by atoms with E-state index in [0.29, 0.717) is 32.9 Å². The monoisotopic (exact) mass is 386 g/mol. The molecule has 4 rings (SSSR count). The lowest BCUT2D eigenvalue weighted by Crippen LogP contribution is -2.13. The minimum Gasteiger partial charge on any atom is -0.454 e. The maximum Gasteiger partial charge on any atom is 0.261 e. The third kappa shape index (κ3) is 3.35. The van der Waals surface area contributed by atoms with Gasteiger partial charge in [0.2, 0.25) is 0 Å². The van der Waals surface area contributed by atoms with E-state index in [0.717, 1.165) is 5.69 Å². The molecule has 0 fully saturated rings. The normalized spacial score (nSPS) is 10.8. The quantitative estimate of drug-likeness (QED) is 0.576. The minimum absolute atomic E-state index is 0.308. The van der Waals surface area contributed by atoms with Gasteiger partial charge in [0.1, 0.15) is 17.8 Å². The average Bonchev–Trinajstić information content (AvgIpc) is 3.23. The summed E-state index contributed by atoms with van der Waals surface area (Å²) in [6.45, 7) is 1.86. The van der Waals surface area contributed by atoms with E-state index in [1.54, 1.807) is 22.7 Å². The predicted octanol–water partition coefficient (Wildman–Crippen LogP) is 3.59. The molecule has 0 bridgehead atoms. The molecule has 0 aliphatic carbocycles. The molecule has 4 aromatic rings. The number of nitrogens with one attached hydrogen (secondary N) is 1. The third-order valence-electron chi connectivity index (χ3n) is 3.37. The van der Waals surface area contributed by atoms with Crippen molar-refractivity contribution < 1.29 is 9.53 Å². The van der Waals surface area contributed by atoms with Crippen molar-refractivity contribution in [3.63, 3.8) is 0 Å². The fraction of sp³-hybridized carbons (Fsp3) is 0.0625. The predicted molar refractivity (Wildman–Crippen MR) is 97.1 cm³/mol. The number of aromatic nitrogens is 5. The van der Waals surface area contributed by atoms with Crippen molar-refractivity contribution in [1.29, 1.82) is 0 Å². The van der Waals surface area contributed by atoms with Crippen molar-refractivity contribution in [2.24, 2.45) is 0 Å². The van der Waals surface area contributed by atoms with Crippen LogP contribution >= 0.6 is 22.9 Å². The zero-order valence-electron chi connectivity index (χ0n) is 13.4. The lowest BCUT2D eigenvalue weighted by Gasteiger charge is -2.09. The van der Waals surface area contributed by atoms with Gasteiger partial charge in [-0.3, -0.25) is 19.5 Å². The van der Waals surface area contributed by atoms with Crippen LogP contribution in [0.4, 0.5) is 5.13 Å². The van der Waals surface area contributed by atoms with Crippen molar-refractivity contribution in [3.05, 3.63) is 58.7 Å². The highest BCUT2D eigenvalue weighted by Gasteiger charge is 2.16. The fourth-order valence-corrected chi connectivity index (χ4v) is 3.14. The SMILES string of the molecule is Cc1csc(NC(=O)c2cc(Oc3cncc(Cl)c3)cn3cnnc23)n1. The van der Waals surface area contributed by atoms with E-state index in [2.05, 4.69) is 25.5 Å². The van der Waals surface area contributed by atoms with Crippen LogP contribution in [-0.2, 0) is 0 Å². The summed E-state index contributed by atoms with van der Waals surface area (Å²) in [5.41, 5.74) is 1.55. The molecule has 0 saturated heterocycles. The summed E-state index contributed by atoms with van der Waals surface area (Å²) >= 11 is 7.27. The molecule has 0 radical (unpaired) electrons. The maximum atomic E-state index is 12.7. The molecule has 0 atom stereocenters. The molecule has 4 heterocycles. The Morgan fingerprint density at radius 3 is 2.96 bits per heavy atom. The highest BCUT2D eigenvalue weighted by molar-refractivity contribution is 7.13. The van der Waals surface area contributed by atoms with Crippen LogP contribution in [-0.4, -0.2) is 30.5 Å². The number of anilines is 1.